The van der Waals surface area contributed by atoms with E-state index in [-0.39, 0.29) is 0 Å². The molecule has 0 aromatic carbocycles. The predicted octanol–water partition coefficient (Wildman–Crippen LogP) is 3.00. The summed E-state index contributed by atoms with van der Waals surface area (Å²) in [5.74, 6) is 5.19. The van der Waals surface area contributed by atoms with Crippen molar-refractivity contribution in [2.45, 2.75) is 44.9 Å². The van der Waals surface area contributed by atoms with E-state index in [0.29, 0.717) is 24.4 Å². The van der Waals surface area contributed by atoms with Crippen LogP contribution in [0.15, 0.2) is 6.07 Å². The normalized spacial score (nSPS) is 38.1. The number of anilines is 1. The van der Waals surface area contributed by atoms with Crippen LogP contribution in [0, 0.1) is 23.7 Å². The Balaban J connectivity index is 1.67. The minimum atomic E-state index is 0.361. The third kappa shape index (κ3) is 1.97. The third-order valence-electron chi connectivity index (χ3n) is 5.60. The number of nitrogen functional groups attached to an aromatic ring is 1. The largest absolute Gasteiger partial charge is 0.478 e. The average molecular weight is 273 g/mol. The molecule has 20 heavy (non-hydrogen) atoms. The standard InChI is InChI=1S/C16H23N3O/c1-2-20-14-8-13(18-16(17)19-14)15-11-4-9-3-10(6-11)7-12(15)5-9/h8-12,15H,2-7H2,1H3,(H2,17,18,19). The van der Waals surface area contributed by atoms with E-state index in [0.717, 1.165) is 29.4 Å². The maximum Gasteiger partial charge on any atom is 0.223 e. The maximum atomic E-state index is 5.88. The molecule has 0 amide bonds. The number of rotatable bonds is 3. The van der Waals surface area contributed by atoms with Crippen LogP contribution >= 0.6 is 0 Å². The Morgan fingerprint density at radius 3 is 2.35 bits per heavy atom. The minimum Gasteiger partial charge on any atom is -0.478 e. The molecular formula is C16H23N3O. The molecule has 1 aromatic heterocycles. The first-order valence-electron chi connectivity index (χ1n) is 8.00. The highest BCUT2D eigenvalue weighted by molar-refractivity contribution is 5.30. The first-order chi connectivity index (χ1) is 9.72. The molecule has 4 saturated carbocycles. The molecule has 0 atom stereocenters. The second kappa shape index (κ2) is 4.61. The van der Waals surface area contributed by atoms with Gasteiger partial charge in [0.1, 0.15) is 0 Å². The van der Waals surface area contributed by atoms with Gasteiger partial charge in [0.25, 0.3) is 0 Å². The zero-order chi connectivity index (χ0) is 13.7. The lowest BCUT2D eigenvalue weighted by Gasteiger charge is -2.54. The molecule has 1 heterocycles. The van der Waals surface area contributed by atoms with Gasteiger partial charge in [0.05, 0.1) is 12.3 Å². The predicted molar refractivity (Wildman–Crippen MR) is 77.4 cm³/mol. The molecule has 0 spiro atoms. The fourth-order valence-electron chi connectivity index (χ4n) is 5.26. The number of hydrogen-bond acceptors (Lipinski definition) is 4. The van der Waals surface area contributed by atoms with Gasteiger partial charge >= 0.3 is 0 Å². The van der Waals surface area contributed by atoms with Gasteiger partial charge in [-0.2, -0.15) is 4.98 Å². The van der Waals surface area contributed by atoms with Crippen molar-refractivity contribution in [1.82, 2.24) is 9.97 Å². The fourth-order valence-corrected chi connectivity index (χ4v) is 5.26. The van der Waals surface area contributed by atoms with Crippen LogP contribution in [0.5, 0.6) is 5.88 Å². The van der Waals surface area contributed by atoms with Crippen molar-refractivity contribution in [3.05, 3.63) is 11.8 Å². The van der Waals surface area contributed by atoms with Gasteiger partial charge in [0, 0.05) is 12.0 Å². The molecular weight excluding hydrogens is 250 g/mol. The Morgan fingerprint density at radius 2 is 1.75 bits per heavy atom. The van der Waals surface area contributed by atoms with E-state index >= 15 is 0 Å². The van der Waals surface area contributed by atoms with Gasteiger partial charge in [-0.15, -0.1) is 0 Å². The second-order valence-corrected chi connectivity index (χ2v) is 6.88. The highest BCUT2D eigenvalue weighted by atomic mass is 16.5. The molecule has 1 aromatic rings. The lowest BCUT2D eigenvalue weighted by atomic mass is 9.51. The number of ether oxygens (including phenoxy) is 1. The molecule has 0 unspecified atom stereocenters. The minimum absolute atomic E-state index is 0.361. The van der Waals surface area contributed by atoms with Crippen LogP contribution in [0.3, 0.4) is 0 Å². The van der Waals surface area contributed by atoms with E-state index in [2.05, 4.69) is 9.97 Å². The van der Waals surface area contributed by atoms with E-state index in [9.17, 15) is 0 Å². The van der Waals surface area contributed by atoms with Gasteiger partial charge < -0.3 is 10.5 Å². The number of nitrogens with zero attached hydrogens (tertiary/aromatic N) is 2. The summed E-state index contributed by atoms with van der Waals surface area (Å²) >= 11 is 0. The third-order valence-corrected chi connectivity index (χ3v) is 5.60. The van der Waals surface area contributed by atoms with Crippen LogP contribution in [0.1, 0.15) is 50.6 Å². The van der Waals surface area contributed by atoms with Crippen molar-refractivity contribution in [1.29, 1.82) is 0 Å². The maximum absolute atomic E-state index is 5.88. The molecule has 4 aliphatic carbocycles. The van der Waals surface area contributed by atoms with E-state index in [1.165, 1.54) is 32.1 Å². The molecule has 4 heteroatoms. The fraction of sp³-hybridized carbons (Fsp3) is 0.750. The summed E-state index contributed by atoms with van der Waals surface area (Å²) < 4.78 is 5.54. The van der Waals surface area contributed by atoms with Crippen LogP contribution in [0.4, 0.5) is 5.95 Å². The lowest BCUT2D eigenvalue weighted by Crippen LogP contribution is -2.44. The van der Waals surface area contributed by atoms with Crippen molar-refractivity contribution in [2.24, 2.45) is 23.7 Å². The SMILES string of the molecule is CCOc1cc(C2C3CC4CC(C3)CC2C4)nc(N)n1. The zero-order valence-electron chi connectivity index (χ0n) is 12.1. The van der Waals surface area contributed by atoms with Gasteiger partial charge in [-0.25, -0.2) is 4.98 Å². The molecule has 2 N–H and O–H groups in total. The van der Waals surface area contributed by atoms with Crippen molar-refractivity contribution in [3.8, 4) is 5.88 Å². The van der Waals surface area contributed by atoms with Gasteiger partial charge in [-0.1, -0.05) is 0 Å². The molecule has 108 valence electrons. The molecule has 4 fully saturated rings. The van der Waals surface area contributed by atoms with Crippen LogP contribution in [0.25, 0.3) is 0 Å². The summed E-state index contributed by atoms with van der Waals surface area (Å²) in [6.07, 6.45) is 7.06. The van der Waals surface area contributed by atoms with E-state index < -0.39 is 0 Å². The smallest absolute Gasteiger partial charge is 0.223 e. The lowest BCUT2D eigenvalue weighted by molar-refractivity contribution is -0.00421. The van der Waals surface area contributed by atoms with Crippen molar-refractivity contribution >= 4 is 5.95 Å². The highest BCUT2D eigenvalue weighted by Gasteiger charge is 2.49. The highest BCUT2D eigenvalue weighted by Crippen LogP contribution is 2.59. The number of aromatic nitrogens is 2. The first-order valence-corrected chi connectivity index (χ1v) is 8.00. The average Bonchev–Trinajstić information content (AvgIpc) is 2.37. The molecule has 0 aliphatic heterocycles. The van der Waals surface area contributed by atoms with Crippen molar-refractivity contribution in [2.75, 3.05) is 12.3 Å². The molecule has 4 bridgehead atoms. The van der Waals surface area contributed by atoms with Crippen LogP contribution in [-0.4, -0.2) is 16.6 Å². The monoisotopic (exact) mass is 273 g/mol. The molecule has 4 aliphatic rings. The number of hydrogen-bond donors (Lipinski definition) is 1. The summed E-state index contributed by atoms with van der Waals surface area (Å²) in [6, 6.07) is 2.03. The summed E-state index contributed by atoms with van der Waals surface area (Å²) in [5, 5.41) is 0. The summed E-state index contributed by atoms with van der Waals surface area (Å²) in [7, 11) is 0. The molecule has 4 nitrogen and oxygen atoms in total. The Morgan fingerprint density at radius 1 is 1.10 bits per heavy atom. The topological polar surface area (TPSA) is 61.0 Å². The summed E-state index contributed by atoms with van der Waals surface area (Å²) in [4.78, 5) is 8.73. The van der Waals surface area contributed by atoms with Gasteiger partial charge in [0.15, 0.2) is 0 Å². The van der Waals surface area contributed by atoms with E-state index in [1.54, 1.807) is 0 Å². The summed E-state index contributed by atoms with van der Waals surface area (Å²) in [5.41, 5.74) is 7.01. The summed E-state index contributed by atoms with van der Waals surface area (Å²) in [6.45, 7) is 2.60. The molecule has 5 rings (SSSR count). The van der Waals surface area contributed by atoms with Crippen LogP contribution in [0.2, 0.25) is 0 Å². The zero-order valence-corrected chi connectivity index (χ0v) is 12.1. The Hall–Kier alpha value is -1.32. The quantitative estimate of drug-likeness (QED) is 0.919. The van der Waals surface area contributed by atoms with Crippen LogP contribution in [-0.2, 0) is 0 Å². The molecule has 0 radical (unpaired) electrons. The Kier molecular flexibility index (Phi) is 2.86. The van der Waals surface area contributed by atoms with Crippen molar-refractivity contribution in [3.63, 3.8) is 0 Å². The second-order valence-electron chi connectivity index (χ2n) is 6.88. The van der Waals surface area contributed by atoms with Crippen LogP contribution < -0.4 is 10.5 Å². The molecule has 0 saturated heterocycles. The van der Waals surface area contributed by atoms with E-state index in [4.69, 9.17) is 10.5 Å². The Labute approximate surface area is 120 Å². The van der Waals surface area contributed by atoms with E-state index in [1.807, 2.05) is 13.0 Å². The van der Waals surface area contributed by atoms with Gasteiger partial charge in [0.2, 0.25) is 11.8 Å². The first kappa shape index (κ1) is 12.4. The number of nitrogens with two attached hydrogens (primary N) is 1. The van der Waals surface area contributed by atoms with Crippen molar-refractivity contribution < 1.29 is 4.74 Å². The van der Waals surface area contributed by atoms with Gasteiger partial charge in [-0.3, -0.25) is 0 Å². The van der Waals surface area contributed by atoms with Gasteiger partial charge in [-0.05, 0) is 62.7 Å². The Bertz CT molecular complexity index is 488.